The summed E-state index contributed by atoms with van der Waals surface area (Å²) < 4.78 is 37.7. The first kappa shape index (κ1) is 13.5. The van der Waals surface area contributed by atoms with Gasteiger partial charge in [0.15, 0.2) is 5.69 Å². The maximum absolute atomic E-state index is 12.6. The SMILES string of the molecule is CCCNc1cc(C(F)(F)F)nc(NCC)n1. The van der Waals surface area contributed by atoms with Crippen LogP contribution in [-0.4, -0.2) is 23.1 Å². The zero-order valence-electron chi connectivity index (χ0n) is 9.73. The highest BCUT2D eigenvalue weighted by Gasteiger charge is 2.33. The minimum atomic E-state index is -4.46. The van der Waals surface area contributed by atoms with Crippen molar-refractivity contribution in [2.45, 2.75) is 26.4 Å². The number of nitrogens with one attached hydrogen (secondary N) is 2. The molecule has 1 aromatic heterocycles. The summed E-state index contributed by atoms with van der Waals surface area (Å²) in [4.78, 5) is 7.36. The molecule has 0 saturated heterocycles. The van der Waals surface area contributed by atoms with Crippen molar-refractivity contribution in [3.05, 3.63) is 11.8 Å². The van der Waals surface area contributed by atoms with Gasteiger partial charge in [-0.3, -0.25) is 0 Å². The summed E-state index contributed by atoms with van der Waals surface area (Å²) in [7, 11) is 0. The first-order valence-corrected chi connectivity index (χ1v) is 5.41. The Morgan fingerprint density at radius 3 is 2.41 bits per heavy atom. The van der Waals surface area contributed by atoms with Crippen molar-refractivity contribution in [2.24, 2.45) is 0 Å². The Morgan fingerprint density at radius 2 is 1.88 bits per heavy atom. The standard InChI is InChI=1S/C10H15F3N4/c1-3-5-15-8-6-7(10(11,12)13)16-9(17-8)14-4-2/h6H,3-5H2,1-2H3,(H2,14,15,16,17). The molecule has 0 atom stereocenters. The Bertz CT molecular complexity index is 365. The molecule has 2 N–H and O–H groups in total. The quantitative estimate of drug-likeness (QED) is 0.841. The molecule has 0 fully saturated rings. The molecule has 0 radical (unpaired) electrons. The van der Waals surface area contributed by atoms with E-state index in [-0.39, 0.29) is 11.8 Å². The zero-order chi connectivity index (χ0) is 12.9. The minimum absolute atomic E-state index is 0.0130. The second-order valence-electron chi connectivity index (χ2n) is 3.42. The van der Waals surface area contributed by atoms with Crippen molar-refractivity contribution in [3.8, 4) is 0 Å². The lowest BCUT2D eigenvalue weighted by Gasteiger charge is -2.11. The number of hydrogen-bond acceptors (Lipinski definition) is 4. The second kappa shape index (κ2) is 5.70. The van der Waals surface area contributed by atoms with Gasteiger partial charge in [-0.05, 0) is 13.3 Å². The first-order valence-electron chi connectivity index (χ1n) is 5.41. The Morgan fingerprint density at radius 1 is 1.18 bits per heavy atom. The lowest BCUT2D eigenvalue weighted by atomic mass is 10.3. The smallest absolute Gasteiger partial charge is 0.370 e. The summed E-state index contributed by atoms with van der Waals surface area (Å²) in [5.74, 6) is 0.172. The van der Waals surface area contributed by atoms with E-state index < -0.39 is 11.9 Å². The molecule has 0 aliphatic rings. The summed E-state index contributed by atoms with van der Waals surface area (Å²) in [6, 6.07) is 0.913. The summed E-state index contributed by atoms with van der Waals surface area (Å²) in [5.41, 5.74) is -0.943. The average Bonchev–Trinajstić information content (AvgIpc) is 2.25. The third-order valence-electron chi connectivity index (χ3n) is 1.91. The average molecular weight is 248 g/mol. The maximum Gasteiger partial charge on any atom is 0.433 e. The predicted molar refractivity (Wildman–Crippen MR) is 60.0 cm³/mol. The third kappa shape index (κ3) is 4.08. The third-order valence-corrected chi connectivity index (χ3v) is 1.91. The zero-order valence-corrected chi connectivity index (χ0v) is 9.73. The van der Waals surface area contributed by atoms with Crippen molar-refractivity contribution in [1.29, 1.82) is 0 Å². The van der Waals surface area contributed by atoms with E-state index in [0.717, 1.165) is 12.5 Å². The van der Waals surface area contributed by atoms with Crippen LogP contribution in [0.1, 0.15) is 26.0 Å². The fourth-order valence-corrected chi connectivity index (χ4v) is 1.17. The van der Waals surface area contributed by atoms with Gasteiger partial charge in [-0.2, -0.15) is 18.2 Å². The molecule has 0 aliphatic heterocycles. The predicted octanol–water partition coefficient (Wildman–Crippen LogP) is 2.75. The molecule has 0 bridgehead atoms. The van der Waals surface area contributed by atoms with Crippen LogP contribution in [0.15, 0.2) is 6.07 Å². The van der Waals surface area contributed by atoms with Gasteiger partial charge in [-0.15, -0.1) is 0 Å². The summed E-state index contributed by atoms with van der Waals surface area (Å²) >= 11 is 0. The molecule has 4 nitrogen and oxygen atoms in total. The van der Waals surface area contributed by atoms with E-state index in [0.29, 0.717) is 13.1 Å². The van der Waals surface area contributed by atoms with Gasteiger partial charge in [-0.1, -0.05) is 6.92 Å². The van der Waals surface area contributed by atoms with Gasteiger partial charge < -0.3 is 10.6 Å². The van der Waals surface area contributed by atoms with E-state index in [1.54, 1.807) is 6.92 Å². The molecule has 0 saturated carbocycles. The number of aromatic nitrogens is 2. The number of anilines is 2. The number of alkyl halides is 3. The molecule has 96 valence electrons. The number of rotatable bonds is 5. The molecule has 0 spiro atoms. The van der Waals surface area contributed by atoms with Crippen LogP contribution in [0.2, 0.25) is 0 Å². The first-order chi connectivity index (χ1) is 7.97. The van der Waals surface area contributed by atoms with E-state index in [1.165, 1.54) is 0 Å². The molecule has 17 heavy (non-hydrogen) atoms. The fourth-order valence-electron chi connectivity index (χ4n) is 1.17. The lowest BCUT2D eigenvalue weighted by molar-refractivity contribution is -0.141. The van der Waals surface area contributed by atoms with E-state index >= 15 is 0 Å². The van der Waals surface area contributed by atoms with Crippen LogP contribution in [-0.2, 0) is 6.18 Å². The van der Waals surface area contributed by atoms with E-state index in [2.05, 4.69) is 20.6 Å². The lowest BCUT2D eigenvalue weighted by Crippen LogP contribution is -2.14. The molecule has 0 amide bonds. The van der Waals surface area contributed by atoms with Gasteiger partial charge in [0, 0.05) is 19.2 Å². The van der Waals surface area contributed by atoms with Gasteiger partial charge in [-0.25, -0.2) is 4.98 Å². The highest BCUT2D eigenvalue weighted by Crippen LogP contribution is 2.29. The molecule has 1 aromatic rings. The van der Waals surface area contributed by atoms with Crippen LogP contribution in [0.3, 0.4) is 0 Å². The Hall–Kier alpha value is -1.53. The van der Waals surface area contributed by atoms with Crippen molar-refractivity contribution in [1.82, 2.24) is 9.97 Å². The van der Waals surface area contributed by atoms with Crippen LogP contribution in [0, 0.1) is 0 Å². The van der Waals surface area contributed by atoms with E-state index in [1.807, 2.05) is 6.92 Å². The Balaban J connectivity index is 3.01. The van der Waals surface area contributed by atoms with Gasteiger partial charge in [0.25, 0.3) is 0 Å². The summed E-state index contributed by atoms with van der Waals surface area (Å²) in [6.45, 7) is 4.72. The minimum Gasteiger partial charge on any atom is -0.370 e. The van der Waals surface area contributed by atoms with Crippen molar-refractivity contribution in [3.63, 3.8) is 0 Å². The van der Waals surface area contributed by atoms with Crippen LogP contribution < -0.4 is 10.6 Å². The van der Waals surface area contributed by atoms with Gasteiger partial charge in [0.1, 0.15) is 5.82 Å². The van der Waals surface area contributed by atoms with E-state index in [4.69, 9.17) is 0 Å². The molecule has 0 aliphatic carbocycles. The van der Waals surface area contributed by atoms with Gasteiger partial charge in [0.2, 0.25) is 5.95 Å². The monoisotopic (exact) mass is 248 g/mol. The Labute approximate surface area is 97.7 Å². The molecule has 7 heteroatoms. The summed E-state index contributed by atoms with van der Waals surface area (Å²) in [5, 5.41) is 5.49. The van der Waals surface area contributed by atoms with Crippen LogP contribution in [0.25, 0.3) is 0 Å². The second-order valence-corrected chi connectivity index (χ2v) is 3.42. The van der Waals surface area contributed by atoms with Crippen molar-refractivity contribution in [2.75, 3.05) is 23.7 Å². The molecule has 1 rings (SSSR count). The topological polar surface area (TPSA) is 49.8 Å². The fraction of sp³-hybridized carbons (Fsp3) is 0.600. The van der Waals surface area contributed by atoms with Crippen molar-refractivity contribution < 1.29 is 13.2 Å². The van der Waals surface area contributed by atoms with Crippen LogP contribution in [0.4, 0.5) is 24.9 Å². The van der Waals surface area contributed by atoms with Gasteiger partial charge >= 0.3 is 6.18 Å². The summed E-state index contributed by atoms with van der Waals surface area (Å²) in [6.07, 6.45) is -3.66. The highest BCUT2D eigenvalue weighted by molar-refractivity contribution is 5.43. The number of hydrogen-bond donors (Lipinski definition) is 2. The van der Waals surface area contributed by atoms with E-state index in [9.17, 15) is 13.2 Å². The number of halogens is 3. The van der Waals surface area contributed by atoms with Crippen molar-refractivity contribution >= 4 is 11.8 Å². The molecule has 1 heterocycles. The van der Waals surface area contributed by atoms with Crippen LogP contribution >= 0.6 is 0 Å². The highest BCUT2D eigenvalue weighted by atomic mass is 19.4. The normalized spacial score (nSPS) is 11.4. The molecule has 0 aromatic carbocycles. The Kier molecular flexibility index (Phi) is 4.53. The number of nitrogens with zero attached hydrogens (tertiary/aromatic N) is 2. The molecular weight excluding hydrogens is 233 g/mol. The molecule has 0 unspecified atom stereocenters. The maximum atomic E-state index is 12.6. The molecular formula is C10H15F3N4. The largest absolute Gasteiger partial charge is 0.433 e. The van der Waals surface area contributed by atoms with Gasteiger partial charge in [0.05, 0.1) is 0 Å². The van der Waals surface area contributed by atoms with Crippen LogP contribution in [0.5, 0.6) is 0 Å².